The lowest BCUT2D eigenvalue weighted by Gasteiger charge is -2.21. The van der Waals surface area contributed by atoms with Crippen molar-refractivity contribution < 1.29 is 24.3 Å². The van der Waals surface area contributed by atoms with Gasteiger partial charge in [0.25, 0.3) is 0 Å². The molecule has 0 aliphatic carbocycles. The minimum absolute atomic E-state index is 0.100. The molecule has 0 radical (unpaired) electrons. The maximum absolute atomic E-state index is 12.5. The number of aliphatic imine (C=N–C) groups is 1. The van der Waals surface area contributed by atoms with Crippen molar-refractivity contribution in [1.29, 1.82) is 0 Å². The van der Waals surface area contributed by atoms with Crippen molar-refractivity contribution >= 4 is 41.4 Å². The monoisotopic (exact) mass is 433 g/mol. The van der Waals surface area contributed by atoms with Gasteiger partial charge in [-0.05, 0) is 38.2 Å². The van der Waals surface area contributed by atoms with Crippen LogP contribution in [0.15, 0.2) is 4.99 Å². The van der Waals surface area contributed by atoms with Gasteiger partial charge in [0, 0.05) is 6.54 Å². The predicted octanol–water partition coefficient (Wildman–Crippen LogP) is -2.69. The van der Waals surface area contributed by atoms with Crippen LogP contribution in [0.1, 0.15) is 26.2 Å². The van der Waals surface area contributed by atoms with Crippen LogP contribution in [0.3, 0.4) is 0 Å². The van der Waals surface area contributed by atoms with Crippen LogP contribution in [-0.2, 0) is 19.2 Å². The van der Waals surface area contributed by atoms with E-state index in [0.717, 1.165) is 0 Å². The minimum atomic E-state index is -1.16. The van der Waals surface area contributed by atoms with Gasteiger partial charge in [-0.2, -0.15) is 11.8 Å². The van der Waals surface area contributed by atoms with E-state index in [1.807, 2.05) is 6.26 Å². The van der Waals surface area contributed by atoms with Crippen molar-refractivity contribution in [3.63, 3.8) is 0 Å². The molecule has 0 aliphatic heterocycles. The molecule has 29 heavy (non-hydrogen) atoms. The highest BCUT2D eigenvalue weighted by Gasteiger charge is 2.26. The van der Waals surface area contributed by atoms with Gasteiger partial charge in [0.2, 0.25) is 17.7 Å². The molecule has 0 saturated heterocycles. The molecule has 13 heteroatoms. The summed E-state index contributed by atoms with van der Waals surface area (Å²) >= 11 is 1.45. The largest absolute Gasteiger partial charge is 0.480 e. The van der Waals surface area contributed by atoms with E-state index in [0.29, 0.717) is 12.2 Å². The second kappa shape index (κ2) is 14.5. The molecule has 0 aliphatic rings. The Kier molecular flexibility index (Phi) is 13.2. The van der Waals surface area contributed by atoms with Crippen LogP contribution in [0.5, 0.6) is 0 Å². The lowest BCUT2D eigenvalue weighted by atomic mass is 10.1. The Morgan fingerprint density at radius 2 is 1.72 bits per heavy atom. The van der Waals surface area contributed by atoms with Gasteiger partial charge in [-0.15, -0.1) is 0 Å². The number of amides is 3. The number of thioether (sulfide) groups is 1. The van der Waals surface area contributed by atoms with Crippen LogP contribution >= 0.6 is 11.8 Å². The van der Waals surface area contributed by atoms with Crippen molar-refractivity contribution in [1.82, 2.24) is 16.0 Å². The Labute approximate surface area is 173 Å². The van der Waals surface area contributed by atoms with Gasteiger partial charge in [-0.3, -0.25) is 19.4 Å². The molecule has 0 fully saturated rings. The molecule has 3 unspecified atom stereocenters. The van der Waals surface area contributed by atoms with Crippen molar-refractivity contribution in [2.75, 3.05) is 25.1 Å². The fraction of sp³-hybridized carbons (Fsp3) is 0.688. The first-order valence-electron chi connectivity index (χ1n) is 8.98. The van der Waals surface area contributed by atoms with Crippen molar-refractivity contribution in [2.24, 2.45) is 22.2 Å². The lowest BCUT2D eigenvalue weighted by molar-refractivity contribution is -0.142. The summed E-state index contributed by atoms with van der Waals surface area (Å²) in [5.74, 6) is -2.50. The molecule has 0 spiro atoms. The van der Waals surface area contributed by atoms with E-state index in [4.69, 9.17) is 17.2 Å². The quantitative estimate of drug-likeness (QED) is 0.0861. The molecular weight excluding hydrogens is 402 g/mol. The third-order valence-electron chi connectivity index (χ3n) is 3.66. The van der Waals surface area contributed by atoms with E-state index < -0.39 is 41.8 Å². The summed E-state index contributed by atoms with van der Waals surface area (Å²) < 4.78 is 0. The summed E-state index contributed by atoms with van der Waals surface area (Å²) in [5.41, 5.74) is 15.9. The van der Waals surface area contributed by atoms with E-state index in [2.05, 4.69) is 20.9 Å². The number of carbonyl (C=O) groups is 4. The van der Waals surface area contributed by atoms with Crippen LogP contribution in [-0.4, -0.2) is 78.0 Å². The van der Waals surface area contributed by atoms with Gasteiger partial charge in [0.15, 0.2) is 5.96 Å². The molecule has 10 N–H and O–H groups in total. The topological polar surface area (TPSA) is 215 Å². The second-order valence-corrected chi connectivity index (χ2v) is 7.24. The zero-order chi connectivity index (χ0) is 22.4. The van der Waals surface area contributed by atoms with E-state index in [9.17, 15) is 24.3 Å². The van der Waals surface area contributed by atoms with Gasteiger partial charge >= 0.3 is 5.97 Å². The number of nitrogens with two attached hydrogens (primary N) is 3. The van der Waals surface area contributed by atoms with Crippen LogP contribution in [0.2, 0.25) is 0 Å². The second-order valence-electron chi connectivity index (χ2n) is 6.26. The normalized spacial score (nSPS) is 13.5. The number of hydrogen-bond acceptors (Lipinski definition) is 7. The average Bonchev–Trinajstić information content (AvgIpc) is 2.64. The maximum Gasteiger partial charge on any atom is 0.326 e. The Morgan fingerprint density at radius 1 is 1.07 bits per heavy atom. The van der Waals surface area contributed by atoms with Crippen molar-refractivity contribution in [3.8, 4) is 0 Å². The first-order chi connectivity index (χ1) is 13.6. The number of carbonyl (C=O) groups excluding carboxylic acids is 3. The van der Waals surface area contributed by atoms with Gasteiger partial charge in [-0.1, -0.05) is 0 Å². The van der Waals surface area contributed by atoms with Crippen LogP contribution in [0.25, 0.3) is 0 Å². The van der Waals surface area contributed by atoms with Crippen LogP contribution in [0.4, 0.5) is 0 Å². The molecule has 3 atom stereocenters. The fourth-order valence-electron chi connectivity index (χ4n) is 2.11. The smallest absolute Gasteiger partial charge is 0.326 e. The number of guanidine groups is 1. The highest BCUT2D eigenvalue weighted by Crippen LogP contribution is 2.04. The molecule has 0 saturated carbocycles. The molecule has 0 aromatic rings. The summed E-state index contributed by atoms with van der Waals surface area (Å²) in [7, 11) is 0. The summed E-state index contributed by atoms with van der Waals surface area (Å²) in [6, 6.07) is -2.88. The molecule has 166 valence electrons. The Hall–Kier alpha value is -2.54. The summed E-state index contributed by atoms with van der Waals surface area (Å²) in [6.07, 6.45) is 2.60. The molecule has 0 bridgehead atoms. The first kappa shape index (κ1) is 26.5. The molecule has 0 rings (SSSR count). The summed E-state index contributed by atoms with van der Waals surface area (Å²) in [6.45, 7) is 1.33. The summed E-state index contributed by atoms with van der Waals surface area (Å²) in [4.78, 5) is 51.2. The van der Waals surface area contributed by atoms with Gasteiger partial charge in [0.05, 0.1) is 12.6 Å². The highest BCUT2D eigenvalue weighted by atomic mass is 32.2. The SMILES string of the molecule is CSCCC(NC(=O)C(CCCN=C(N)N)NC(=O)CNC(=O)C(C)N)C(=O)O. The zero-order valence-corrected chi connectivity index (χ0v) is 17.5. The van der Waals surface area contributed by atoms with E-state index in [1.165, 1.54) is 18.7 Å². The Morgan fingerprint density at radius 3 is 2.24 bits per heavy atom. The van der Waals surface area contributed by atoms with E-state index >= 15 is 0 Å². The third kappa shape index (κ3) is 12.5. The van der Waals surface area contributed by atoms with Crippen LogP contribution in [0, 0.1) is 0 Å². The molecule has 0 heterocycles. The van der Waals surface area contributed by atoms with Crippen molar-refractivity contribution in [2.45, 2.75) is 44.3 Å². The predicted molar refractivity (Wildman–Crippen MR) is 111 cm³/mol. The van der Waals surface area contributed by atoms with Gasteiger partial charge in [0.1, 0.15) is 12.1 Å². The minimum Gasteiger partial charge on any atom is -0.480 e. The maximum atomic E-state index is 12.5. The van der Waals surface area contributed by atoms with Crippen LogP contribution < -0.4 is 33.2 Å². The average molecular weight is 434 g/mol. The van der Waals surface area contributed by atoms with Gasteiger partial charge < -0.3 is 38.3 Å². The number of carboxylic acids is 1. The first-order valence-corrected chi connectivity index (χ1v) is 10.4. The standard InChI is InChI=1S/C16H31N7O5S/c1-9(17)13(25)21-8-12(24)22-10(4-3-6-20-16(18)19)14(26)23-11(15(27)28)5-7-29-2/h9-11H,3-8,17H2,1-2H3,(H,21,25)(H,22,24)(H,23,26)(H,27,28)(H4,18,19,20). The summed E-state index contributed by atoms with van der Waals surface area (Å²) in [5, 5.41) is 16.5. The lowest BCUT2D eigenvalue weighted by Crippen LogP contribution is -2.53. The third-order valence-corrected chi connectivity index (χ3v) is 4.30. The number of carboxylic acid groups (broad SMARTS) is 1. The zero-order valence-electron chi connectivity index (χ0n) is 16.6. The molecule has 0 aromatic heterocycles. The van der Waals surface area contributed by atoms with E-state index in [-0.39, 0.29) is 31.9 Å². The van der Waals surface area contributed by atoms with Gasteiger partial charge in [-0.25, -0.2) is 4.79 Å². The number of hydrogen-bond donors (Lipinski definition) is 7. The van der Waals surface area contributed by atoms with E-state index in [1.54, 1.807) is 0 Å². The number of rotatable bonds is 14. The molecule has 3 amide bonds. The van der Waals surface area contributed by atoms with Crippen molar-refractivity contribution in [3.05, 3.63) is 0 Å². The number of aliphatic carboxylic acids is 1. The number of nitrogens with zero attached hydrogens (tertiary/aromatic N) is 1. The molecule has 0 aromatic carbocycles. The Bertz CT molecular complexity index is 596. The highest BCUT2D eigenvalue weighted by molar-refractivity contribution is 7.98. The Balaban J connectivity index is 4.98. The number of nitrogens with one attached hydrogen (secondary N) is 3. The molecular formula is C16H31N7O5S. The molecule has 12 nitrogen and oxygen atoms in total. The fourth-order valence-corrected chi connectivity index (χ4v) is 2.58.